The lowest BCUT2D eigenvalue weighted by atomic mass is 10.4. The van der Waals surface area contributed by atoms with Crippen molar-refractivity contribution < 1.29 is 4.42 Å². The summed E-state index contributed by atoms with van der Waals surface area (Å²) in [6.07, 6.45) is 1.66. The smallest absolute Gasteiger partial charge is 0.278 e. The summed E-state index contributed by atoms with van der Waals surface area (Å²) >= 11 is 1.95. The maximum Gasteiger partial charge on any atom is 0.278 e. The van der Waals surface area contributed by atoms with Gasteiger partial charge in [0.1, 0.15) is 11.5 Å². The monoisotopic (exact) mass is 288 g/mol. The Balaban J connectivity index is 2.46. The summed E-state index contributed by atoms with van der Waals surface area (Å²) < 4.78 is 5.70. The second-order valence-electron chi connectivity index (χ2n) is 2.35. The maximum atomic E-state index is 5.20. The first kappa shape index (κ1) is 8.54. The van der Waals surface area contributed by atoms with E-state index < -0.39 is 0 Å². The molecule has 0 fully saturated rings. The molecule has 0 N–H and O–H groups in total. The molecule has 0 saturated carbocycles. The minimum absolute atomic E-state index is 0.426. The molecular weight excluding hydrogens is 283 g/mol. The third-order valence-corrected chi connectivity index (χ3v) is 1.83. The van der Waals surface area contributed by atoms with Crippen LogP contribution >= 0.6 is 22.6 Å². The minimum Gasteiger partial charge on any atom is -0.410 e. The van der Waals surface area contributed by atoms with Crippen LogP contribution in [0.4, 0.5) is 0 Å². The number of hydrogen-bond donors (Lipinski definition) is 0. The van der Waals surface area contributed by atoms with Gasteiger partial charge in [-0.15, -0.1) is 10.2 Å². The van der Waals surface area contributed by atoms with Crippen molar-refractivity contribution in [2.45, 2.75) is 6.92 Å². The summed E-state index contributed by atoms with van der Waals surface area (Å²) in [5.74, 6) is 1.11. The van der Waals surface area contributed by atoms with E-state index in [9.17, 15) is 0 Å². The fourth-order valence-corrected chi connectivity index (χ4v) is 1.20. The van der Waals surface area contributed by atoms with Crippen molar-refractivity contribution in [1.82, 2.24) is 20.2 Å². The third-order valence-electron chi connectivity index (χ3n) is 1.40. The molecule has 2 aromatic heterocycles. The number of hydrogen-bond acceptors (Lipinski definition) is 5. The molecule has 2 aromatic rings. The number of nitrogens with zero attached hydrogens (tertiary/aromatic N) is 4. The Kier molecular flexibility index (Phi) is 2.21. The maximum absolute atomic E-state index is 5.20. The summed E-state index contributed by atoms with van der Waals surface area (Å²) in [5, 5.41) is 7.54. The molecule has 0 unspecified atom stereocenters. The van der Waals surface area contributed by atoms with Gasteiger partial charge in [0.2, 0.25) is 0 Å². The van der Waals surface area contributed by atoms with Crippen LogP contribution < -0.4 is 0 Å². The molecule has 0 saturated heterocycles. The van der Waals surface area contributed by atoms with Gasteiger partial charge in [-0.05, 0) is 13.0 Å². The standard InChI is InChI=1S/C7H5IN4O/c1-4-9-3-2-5(10-4)6-11-12-7(8)13-6/h2-3H,1H3. The van der Waals surface area contributed by atoms with Crippen LogP contribution in [0.25, 0.3) is 11.6 Å². The average molecular weight is 288 g/mol. The topological polar surface area (TPSA) is 64.7 Å². The van der Waals surface area contributed by atoms with Crippen LogP contribution in [0.5, 0.6) is 0 Å². The lowest BCUT2D eigenvalue weighted by molar-refractivity contribution is 0.534. The van der Waals surface area contributed by atoms with Crippen LogP contribution in [0.3, 0.4) is 0 Å². The van der Waals surface area contributed by atoms with E-state index in [-0.39, 0.29) is 0 Å². The Labute approximate surface area is 87.8 Å². The number of halogens is 1. The van der Waals surface area contributed by atoms with E-state index in [4.69, 9.17) is 4.42 Å². The van der Waals surface area contributed by atoms with E-state index in [1.807, 2.05) is 29.5 Å². The zero-order chi connectivity index (χ0) is 9.26. The zero-order valence-corrected chi connectivity index (χ0v) is 8.89. The Morgan fingerprint density at radius 3 is 2.85 bits per heavy atom. The van der Waals surface area contributed by atoms with E-state index in [0.29, 0.717) is 21.3 Å². The van der Waals surface area contributed by atoms with Crippen molar-refractivity contribution >= 4 is 22.6 Å². The lowest BCUT2D eigenvalue weighted by Gasteiger charge is -1.93. The van der Waals surface area contributed by atoms with Crippen molar-refractivity contribution in [1.29, 1.82) is 0 Å². The van der Waals surface area contributed by atoms with Crippen molar-refractivity contribution in [2.75, 3.05) is 0 Å². The predicted octanol–water partition coefficient (Wildman–Crippen LogP) is 1.44. The van der Waals surface area contributed by atoms with Gasteiger partial charge in [0, 0.05) is 28.8 Å². The highest BCUT2D eigenvalue weighted by molar-refractivity contribution is 14.1. The fourth-order valence-electron chi connectivity index (χ4n) is 0.884. The lowest BCUT2D eigenvalue weighted by Crippen LogP contribution is -1.89. The van der Waals surface area contributed by atoms with Gasteiger partial charge in [-0.2, -0.15) is 0 Å². The van der Waals surface area contributed by atoms with Gasteiger partial charge in [0.15, 0.2) is 0 Å². The van der Waals surface area contributed by atoms with Crippen molar-refractivity contribution in [2.24, 2.45) is 0 Å². The van der Waals surface area contributed by atoms with Crippen LogP contribution in [-0.2, 0) is 0 Å². The van der Waals surface area contributed by atoms with Gasteiger partial charge < -0.3 is 4.42 Å². The minimum atomic E-state index is 0.426. The summed E-state index contributed by atoms with van der Waals surface area (Å²) in [7, 11) is 0. The molecule has 0 aliphatic carbocycles. The second-order valence-corrected chi connectivity index (χ2v) is 3.27. The summed E-state index contributed by atoms with van der Waals surface area (Å²) in [5.41, 5.74) is 0.655. The van der Waals surface area contributed by atoms with Gasteiger partial charge in [0.05, 0.1) is 0 Å². The molecule has 0 atom stereocenters. The molecule has 0 radical (unpaired) electrons. The first-order chi connectivity index (χ1) is 6.25. The van der Waals surface area contributed by atoms with Crippen LogP contribution in [-0.4, -0.2) is 20.2 Å². The Bertz CT molecular complexity index is 428. The molecule has 0 aliphatic heterocycles. The van der Waals surface area contributed by atoms with Crippen molar-refractivity contribution in [3.63, 3.8) is 0 Å². The molecule has 2 rings (SSSR count). The van der Waals surface area contributed by atoms with E-state index in [2.05, 4.69) is 20.2 Å². The largest absolute Gasteiger partial charge is 0.410 e. The van der Waals surface area contributed by atoms with Gasteiger partial charge in [-0.25, -0.2) is 9.97 Å². The molecule has 66 valence electrons. The zero-order valence-electron chi connectivity index (χ0n) is 6.73. The van der Waals surface area contributed by atoms with Crippen LogP contribution in [0.15, 0.2) is 16.7 Å². The van der Waals surface area contributed by atoms with Crippen molar-refractivity contribution in [3.8, 4) is 11.6 Å². The summed E-state index contributed by atoms with van der Waals surface area (Å²) in [6, 6.07) is 1.73. The number of aromatic nitrogens is 4. The van der Waals surface area contributed by atoms with Gasteiger partial charge in [-0.1, -0.05) is 0 Å². The molecule has 0 amide bonds. The molecule has 0 aliphatic rings. The summed E-state index contributed by atoms with van der Waals surface area (Å²) in [6.45, 7) is 1.81. The van der Waals surface area contributed by atoms with E-state index >= 15 is 0 Å². The Morgan fingerprint density at radius 1 is 1.38 bits per heavy atom. The molecular formula is C7H5IN4O. The molecule has 0 spiro atoms. The molecule has 0 aromatic carbocycles. The molecule has 6 heteroatoms. The number of aryl methyl sites for hydroxylation is 1. The summed E-state index contributed by atoms with van der Waals surface area (Å²) in [4.78, 5) is 8.12. The predicted molar refractivity (Wildman–Crippen MR) is 52.8 cm³/mol. The van der Waals surface area contributed by atoms with Gasteiger partial charge in [-0.3, -0.25) is 0 Å². The van der Waals surface area contributed by atoms with Gasteiger partial charge in [0.25, 0.3) is 9.79 Å². The molecule has 0 bridgehead atoms. The van der Waals surface area contributed by atoms with Gasteiger partial charge >= 0.3 is 0 Å². The highest BCUT2D eigenvalue weighted by Crippen LogP contribution is 2.14. The highest BCUT2D eigenvalue weighted by atomic mass is 127. The SMILES string of the molecule is Cc1nccc(-c2nnc(I)o2)n1. The second kappa shape index (κ2) is 3.36. The highest BCUT2D eigenvalue weighted by Gasteiger charge is 2.07. The Morgan fingerprint density at radius 2 is 2.23 bits per heavy atom. The fraction of sp³-hybridized carbons (Fsp3) is 0.143. The molecule has 2 heterocycles. The first-order valence-corrected chi connectivity index (χ1v) is 4.62. The number of rotatable bonds is 1. The quantitative estimate of drug-likeness (QED) is 0.743. The van der Waals surface area contributed by atoms with E-state index in [1.165, 1.54) is 0 Å². The van der Waals surface area contributed by atoms with Crippen LogP contribution in [0.2, 0.25) is 0 Å². The van der Waals surface area contributed by atoms with E-state index in [1.54, 1.807) is 12.3 Å². The first-order valence-electron chi connectivity index (χ1n) is 3.55. The van der Waals surface area contributed by atoms with Crippen molar-refractivity contribution in [3.05, 3.63) is 22.0 Å². The molecule has 5 nitrogen and oxygen atoms in total. The van der Waals surface area contributed by atoms with E-state index in [0.717, 1.165) is 0 Å². The van der Waals surface area contributed by atoms with Crippen LogP contribution in [0, 0.1) is 10.8 Å². The third kappa shape index (κ3) is 1.82. The Hall–Kier alpha value is -1.05. The average Bonchev–Trinajstić information content (AvgIpc) is 2.52. The normalized spacial score (nSPS) is 10.3. The molecule has 13 heavy (non-hydrogen) atoms. The van der Waals surface area contributed by atoms with Crippen LogP contribution in [0.1, 0.15) is 5.82 Å².